The molecule has 1 amide bonds. The van der Waals surface area contributed by atoms with E-state index in [4.69, 9.17) is 13.3 Å². The highest BCUT2D eigenvalue weighted by Crippen LogP contribution is 2.38. The van der Waals surface area contributed by atoms with Gasteiger partial charge in [-0.25, -0.2) is 4.79 Å². The van der Waals surface area contributed by atoms with Crippen LogP contribution in [0.25, 0.3) is 0 Å². The summed E-state index contributed by atoms with van der Waals surface area (Å²) < 4.78 is 39.8. The molecular formula is C20H41NO6SSi. The van der Waals surface area contributed by atoms with Crippen LogP contribution in [0, 0.1) is 5.92 Å². The van der Waals surface area contributed by atoms with Crippen LogP contribution in [0.15, 0.2) is 0 Å². The molecule has 29 heavy (non-hydrogen) atoms. The first-order valence-electron chi connectivity index (χ1n) is 10.4. The molecule has 0 bridgehead atoms. The molecular weight excluding hydrogens is 410 g/mol. The van der Waals surface area contributed by atoms with Crippen molar-refractivity contribution in [1.29, 1.82) is 0 Å². The third kappa shape index (κ3) is 8.94. The van der Waals surface area contributed by atoms with Crippen molar-refractivity contribution in [2.75, 3.05) is 26.0 Å². The van der Waals surface area contributed by atoms with Gasteiger partial charge in [0.25, 0.3) is 10.1 Å². The number of nitrogens with zero attached hydrogens (tertiary/aromatic N) is 1. The summed E-state index contributed by atoms with van der Waals surface area (Å²) in [5.41, 5.74) is -0.559. The maximum atomic E-state index is 12.7. The van der Waals surface area contributed by atoms with Crippen molar-refractivity contribution in [1.82, 2.24) is 4.90 Å². The van der Waals surface area contributed by atoms with Gasteiger partial charge in [-0.15, -0.1) is 0 Å². The Labute approximate surface area is 178 Å². The summed E-state index contributed by atoms with van der Waals surface area (Å²) in [6.45, 7) is 17.7. The number of carbonyl (C=O) groups excluding carboxylic acids is 1. The zero-order chi connectivity index (χ0) is 22.7. The lowest BCUT2D eigenvalue weighted by Crippen LogP contribution is -2.47. The molecule has 0 saturated carbocycles. The fourth-order valence-electron chi connectivity index (χ4n) is 3.10. The smallest absolute Gasteiger partial charge is 0.410 e. The van der Waals surface area contributed by atoms with Crippen LogP contribution in [-0.4, -0.2) is 65.4 Å². The van der Waals surface area contributed by atoms with Crippen molar-refractivity contribution in [3.63, 3.8) is 0 Å². The van der Waals surface area contributed by atoms with Gasteiger partial charge in [0, 0.05) is 25.1 Å². The minimum atomic E-state index is -3.50. The number of ether oxygens (including phenoxy) is 1. The molecule has 0 aromatic carbocycles. The Hall–Kier alpha value is -0.643. The molecule has 1 heterocycles. The van der Waals surface area contributed by atoms with Gasteiger partial charge in [0.2, 0.25) is 0 Å². The number of likely N-dealkylation sites (tertiary alicyclic amines) is 1. The highest BCUT2D eigenvalue weighted by atomic mass is 32.2. The van der Waals surface area contributed by atoms with Crippen LogP contribution in [0.4, 0.5) is 4.79 Å². The van der Waals surface area contributed by atoms with Crippen LogP contribution in [0.3, 0.4) is 0 Å². The molecule has 0 unspecified atom stereocenters. The maximum Gasteiger partial charge on any atom is 0.410 e. The summed E-state index contributed by atoms with van der Waals surface area (Å²) in [6.07, 6.45) is 2.99. The molecule has 2 atom stereocenters. The van der Waals surface area contributed by atoms with Crippen molar-refractivity contribution >= 4 is 24.5 Å². The number of hydrogen-bond acceptors (Lipinski definition) is 6. The first kappa shape index (κ1) is 26.4. The van der Waals surface area contributed by atoms with Crippen LogP contribution in [0.1, 0.15) is 60.8 Å². The molecule has 0 radical (unpaired) electrons. The van der Waals surface area contributed by atoms with Gasteiger partial charge in [-0.2, -0.15) is 8.42 Å². The van der Waals surface area contributed by atoms with Crippen molar-refractivity contribution in [3.05, 3.63) is 0 Å². The largest absolute Gasteiger partial charge is 0.444 e. The lowest BCUT2D eigenvalue weighted by molar-refractivity contribution is 0.0131. The summed E-state index contributed by atoms with van der Waals surface area (Å²) in [6, 6.07) is -0.0437. The molecule has 0 aromatic heterocycles. The summed E-state index contributed by atoms with van der Waals surface area (Å²) in [5.74, 6) is -0.0131. The second kappa shape index (κ2) is 9.66. The maximum absolute atomic E-state index is 12.7. The third-order valence-corrected chi connectivity index (χ3v) is 10.8. The van der Waals surface area contributed by atoms with Crippen molar-refractivity contribution in [2.45, 2.75) is 90.6 Å². The second-order valence-corrected chi connectivity index (χ2v) is 17.0. The molecule has 0 aromatic rings. The minimum Gasteiger partial charge on any atom is -0.444 e. The quantitative estimate of drug-likeness (QED) is 0.402. The first-order valence-corrected chi connectivity index (χ1v) is 15.1. The SMILES string of the molecule is CC(C)(C)OC(=O)N1CCC[C@H]1[C@@H](CCOS(C)(=O)=O)CO[Si](C)(C)C(C)(C)C. The molecule has 1 aliphatic rings. The van der Waals surface area contributed by atoms with Gasteiger partial charge in [-0.3, -0.25) is 4.18 Å². The normalized spacial score (nSPS) is 20.0. The van der Waals surface area contributed by atoms with E-state index >= 15 is 0 Å². The highest BCUT2D eigenvalue weighted by Gasteiger charge is 2.41. The van der Waals surface area contributed by atoms with E-state index in [0.29, 0.717) is 19.6 Å². The van der Waals surface area contributed by atoms with Crippen LogP contribution in [-0.2, 0) is 23.5 Å². The fraction of sp³-hybridized carbons (Fsp3) is 0.950. The average Bonchev–Trinajstić information content (AvgIpc) is 2.96. The number of amides is 1. The van der Waals surface area contributed by atoms with Crippen LogP contribution < -0.4 is 0 Å². The molecule has 0 N–H and O–H groups in total. The third-order valence-electron chi connectivity index (χ3n) is 5.72. The Kier molecular flexibility index (Phi) is 8.79. The standard InChI is InChI=1S/C20H41NO6SSi/c1-19(2,3)27-18(22)21-13-10-11-17(21)16(12-14-25-28(7,23)24)15-26-29(8,9)20(4,5)6/h16-17H,10-15H2,1-9H3/t16-,17-/m0/s1. The van der Waals surface area contributed by atoms with E-state index in [2.05, 4.69) is 33.9 Å². The average molecular weight is 452 g/mol. The van der Waals surface area contributed by atoms with E-state index in [1.807, 2.05) is 20.8 Å². The molecule has 1 saturated heterocycles. The van der Waals surface area contributed by atoms with Gasteiger partial charge >= 0.3 is 6.09 Å². The Morgan fingerprint density at radius 3 is 2.24 bits per heavy atom. The van der Waals surface area contributed by atoms with Gasteiger partial charge in [-0.05, 0) is 58.2 Å². The monoisotopic (exact) mass is 451 g/mol. The van der Waals surface area contributed by atoms with Gasteiger partial charge in [0.15, 0.2) is 8.32 Å². The predicted molar refractivity (Wildman–Crippen MR) is 118 cm³/mol. The van der Waals surface area contributed by atoms with Gasteiger partial charge in [0.1, 0.15) is 5.60 Å². The number of hydrogen-bond donors (Lipinski definition) is 0. The summed E-state index contributed by atoms with van der Waals surface area (Å²) in [4.78, 5) is 14.5. The van der Waals surface area contributed by atoms with E-state index in [1.54, 1.807) is 4.90 Å². The summed E-state index contributed by atoms with van der Waals surface area (Å²) in [7, 11) is -5.48. The van der Waals surface area contributed by atoms with Crippen molar-refractivity contribution in [3.8, 4) is 0 Å². The molecule has 172 valence electrons. The molecule has 1 rings (SSSR count). The van der Waals surface area contributed by atoms with Gasteiger partial charge < -0.3 is 14.1 Å². The van der Waals surface area contributed by atoms with Crippen LogP contribution in [0.5, 0.6) is 0 Å². The Morgan fingerprint density at radius 2 is 1.76 bits per heavy atom. The molecule has 0 aliphatic carbocycles. The van der Waals surface area contributed by atoms with Gasteiger partial charge in [0.05, 0.1) is 12.9 Å². The molecule has 9 heteroatoms. The predicted octanol–water partition coefficient (Wildman–Crippen LogP) is 4.39. The van der Waals surface area contributed by atoms with E-state index < -0.39 is 24.0 Å². The Bertz CT molecular complexity index is 651. The van der Waals surface area contributed by atoms with Crippen molar-refractivity contribution < 1.29 is 26.6 Å². The minimum absolute atomic E-state index is 0.0131. The molecule has 7 nitrogen and oxygen atoms in total. The Balaban J connectivity index is 2.94. The molecule has 1 aliphatic heterocycles. The van der Waals surface area contributed by atoms with Crippen molar-refractivity contribution in [2.24, 2.45) is 5.92 Å². The molecule has 1 fully saturated rings. The van der Waals surface area contributed by atoms with E-state index in [9.17, 15) is 13.2 Å². The first-order chi connectivity index (χ1) is 12.9. The summed E-state index contributed by atoms with van der Waals surface area (Å²) in [5, 5.41) is 0.0708. The lowest BCUT2D eigenvalue weighted by Gasteiger charge is -2.39. The van der Waals surface area contributed by atoms with E-state index in [1.165, 1.54) is 0 Å². The second-order valence-electron chi connectivity index (χ2n) is 10.5. The van der Waals surface area contributed by atoms with Gasteiger partial charge in [-0.1, -0.05) is 20.8 Å². The van der Waals surface area contributed by atoms with Crippen LogP contribution >= 0.6 is 0 Å². The zero-order valence-electron chi connectivity index (χ0n) is 19.7. The lowest BCUT2D eigenvalue weighted by atomic mass is 9.95. The molecule has 0 spiro atoms. The fourth-order valence-corrected chi connectivity index (χ4v) is 4.56. The van der Waals surface area contributed by atoms with E-state index in [0.717, 1.165) is 19.1 Å². The van der Waals surface area contributed by atoms with Crippen LogP contribution in [0.2, 0.25) is 18.1 Å². The topological polar surface area (TPSA) is 82.1 Å². The Morgan fingerprint density at radius 1 is 1.17 bits per heavy atom. The zero-order valence-corrected chi connectivity index (χ0v) is 21.5. The highest BCUT2D eigenvalue weighted by molar-refractivity contribution is 7.85. The number of carbonyl (C=O) groups is 1. The van der Waals surface area contributed by atoms with E-state index in [-0.39, 0.29) is 29.7 Å². The summed E-state index contributed by atoms with van der Waals surface area (Å²) >= 11 is 0. The number of rotatable bonds is 8.